The molecule has 0 aromatic carbocycles. The third-order valence-electron chi connectivity index (χ3n) is 10.8. The first-order chi connectivity index (χ1) is 15.8. The highest BCUT2D eigenvalue weighted by molar-refractivity contribution is 5.95. The van der Waals surface area contributed by atoms with Gasteiger partial charge in [0, 0.05) is 17.9 Å². The van der Waals surface area contributed by atoms with Crippen molar-refractivity contribution < 1.29 is 30.3 Å². The summed E-state index contributed by atoms with van der Waals surface area (Å²) in [5.74, 6) is -0.261. The topological polar surface area (TPSA) is 118 Å². The molecule has 4 rings (SSSR count). The molecule has 3 saturated carbocycles. The van der Waals surface area contributed by atoms with E-state index in [9.17, 15) is 30.3 Å². The van der Waals surface area contributed by atoms with E-state index in [0.29, 0.717) is 19.3 Å². The Labute approximate surface area is 204 Å². The molecular formula is C28H46O6. The third-order valence-corrected chi connectivity index (χ3v) is 10.8. The van der Waals surface area contributed by atoms with Gasteiger partial charge in [0.2, 0.25) is 0 Å². The lowest BCUT2D eigenvalue weighted by molar-refractivity contribution is -0.201. The Morgan fingerprint density at radius 3 is 2.53 bits per heavy atom. The number of allylic oxidation sites excluding steroid dienone is 1. The molecule has 3 unspecified atom stereocenters. The van der Waals surface area contributed by atoms with E-state index in [-0.39, 0.29) is 42.5 Å². The highest BCUT2D eigenvalue weighted by Gasteiger charge is 2.66. The normalized spacial score (nSPS) is 47.0. The van der Waals surface area contributed by atoms with Crippen molar-refractivity contribution >= 4 is 5.78 Å². The first-order valence-electron chi connectivity index (χ1n) is 13.5. The van der Waals surface area contributed by atoms with Crippen LogP contribution in [0.25, 0.3) is 0 Å². The summed E-state index contributed by atoms with van der Waals surface area (Å²) in [4.78, 5) is 13.3. The molecule has 10 atom stereocenters. The maximum atomic E-state index is 13.3. The van der Waals surface area contributed by atoms with Gasteiger partial charge in [0.15, 0.2) is 5.78 Å². The molecular weight excluding hydrogens is 432 g/mol. The van der Waals surface area contributed by atoms with E-state index in [4.69, 9.17) is 0 Å². The van der Waals surface area contributed by atoms with Crippen molar-refractivity contribution in [2.24, 2.45) is 34.5 Å². The molecule has 3 fully saturated rings. The third kappa shape index (κ3) is 3.92. The van der Waals surface area contributed by atoms with Crippen LogP contribution in [0.5, 0.6) is 0 Å². The molecule has 0 aliphatic heterocycles. The Bertz CT molecular complexity index is 822. The molecule has 4 aliphatic carbocycles. The van der Waals surface area contributed by atoms with Crippen molar-refractivity contribution in [3.63, 3.8) is 0 Å². The lowest BCUT2D eigenvalue weighted by atomic mass is 9.41. The molecule has 194 valence electrons. The van der Waals surface area contributed by atoms with Crippen LogP contribution >= 0.6 is 0 Å². The van der Waals surface area contributed by atoms with E-state index in [1.807, 2.05) is 13.8 Å². The van der Waals surface area contributed by atoms with Crippen molar-refractivity contribution in [3.8, 4) is 0 Å². The van der Waals surface area contributed by atoms with Gasteiger partial charge in [0.1, 0.15) is 0 Å². The second-order valence-corrected chi connectivity index (χ2v) is 13.0. The van der Waals surface area contributed by atoms with E-state index < -0.39 is 34.2 Å². The Kier molecular flexibility index (Phi) is 6.92. The predicted molar refractivity (Wildman–Crippen MR) is 130 cm³/mol. The number of ketones is 1. The maximum Gasteiger partial charge on any atom is 0.159 e. The minimum Gasteiger partial charge on any atom is -0.396 e. The van der Waals surface area contributed by atoms with E-state index in [2.05, 4.69) is 13.8 Å². The number of rotatable bonds is 6. The first kappa shape index (κ1) is 26.3. The average molecular weight is 479 g/mol. The van der Waals surface area contributed by atoms with Crippen LogP contribution in [-0.2, 0) is 4.79 Å². The number of aliphatic hydroxyl groups excluding tert-OH is 3. The smallest absolute Gasteiger partial charge is 0.159 e. The number of aliphatic hydroxyl groups is 5. The molecule has 0 aromatic rings. The lowest BCUT2D eigenvalue weighted by Gasteiger charge is -2.65. The van der Waals surface area contributed by atoms with Gasteiger partial charge in [-0.25, -0.2) is 0 Å². The molecule has 4 aliphatic rings. The van der Waals surface area contributed by atoms with Gasteiger partial charge in [-0.3, -0.25) is 4.79 Å². The molecule has 0 spiro atoms. The summed E-state index contributed by atoms with van der Waals surface area (Å²) in [6.45, 7) is 8.24. The zero-order valence-corrected chi connectivity index (χ0v) is 21.5. The Morgan fingerprint density at radius 2 is 1.85 bits per heavy atom. The van der Waals surface area contributed by atoms with Crippen molar-refractivity contribution in [2.75, 3.05) is 6.61 Å². The monoisotopic (exact) mass is 478 g/mol. The fraction of sp³-hybridized carbons (Fsp3) is 0.893. The molecule has 6 heteroatoms. The number of carbonyl (C=O) groups is 1. The van der Waals surface area contributed by atoms with Crippen LogP contribution in [0.2, 0.25) is 0 Å². The van der Waals surface area contributed by atoms with Crippen LogP contribution < -0.4 is 0 Å². The van der Waals surface area contributed by atoms with Crippen molar-refractivity contribution in [1.29, 1.82) is 0 Å². The Balaban J connectivity index is 1.65. The van der Waals surface area contributed by atoms with Gasteiger partial charge in [0.05, 0.1) is 23.4 Å². The Hall–Kier alpha value is -0.790. The lowest BCUT2D eigenvalue weighted by Crippen LogP contribution is -2.66. The predicted octanol–water partition coefficient (Wildman–Crippen LogP) is 3.13. The maximum absolute atomic E-state index is 13.3. The van der Waals surface area contributed by atoms with Gasteiger partial charge in [0.25, 0.3) is 0 Å². The summed E-state index contributed by atoms with van der Waals surface area (Å²) in [6.07, 6.45) is 6.68. The highest BCUT2D eigenvalue weighted by atomic mass is 16.3. The summed E-state index contributed by atoms with van der Waals surface area (Å²) in [5.41, 5.74) is -2.32. The van der Waals surface area contributed by atoms with Crippen LogP contribution in [0, 0.1) is 34.5 Å². The summed E-state index contributed by atoms with van der Waals surface area (Å²) in [6, 6.07) is 0. The van der Waals surface area contributed by atoms with Crippen molar-refractivity contribution in [1.82, 2.24) is 0 Å². The van der Waals surface area contributed by atoms with Crippen molar-refractivity contribution in [3.05, 3.63) is 11.6 Å². The standard InChI is InChI=1S/C28H46O6/c1-17(16-29)7-5-10-27(4,33)24-8-6-11-28(34)19-13-21(30)20-14-22(31)23(32)15-25(20,2)18(19)9-12-26(24,28)3/h13,17-18,20,22-24,29,31-34H,5-12,14-16H2,1-4H3/t17?,18?,20?,22-,23+,24+,25-,26-,27-,28-/m1/s1. The van der Waals surface area contributed by atoms with E-state index in [1.54, 1.807) is 6.08 Å². The Morgan fingerprint density at radius 1 is 1.15 bits per heavy atom. The number of fused-ring (bicyclic) bond motifs is 5. The first-order valence-corrected chi connectivity index (χ1v) is 13.5. The van der Waals surface area contributed by atoms with Gasteiger partial charge in [-0.15, -0.1) is 0 Å². The highest BCUT2D eigenvalue weighted by Crippen LogP contribution is 2.67. The molecule has 0 saturated heterocycles. The molecule has 0 bridgehead atoms. The van der Waals surface area contributed by atoms with Crippen LogP contribution in [0.3, 0.4) is 0 Å². The van der Waals surface area contributed by atoms with E-state index in [1.165, 1.54) is 0 Å². The fourth-order valence-corrected chi connectivity index (χ4v) is 8.65. The van der Waals surface area contributed by atoms with Crippen molar-refractivity contribution in [2.45, 2.75) is 115 Å². The fourth-order valence-electron chi connectivity index (χ4n) is 8.65. The molecule has 0 amide bonds. The number of hydrogen-bond donors (Lipinski definition) is 5. The molecule has 6 nitrogen and oxygen atoms in total. The van der Waals surface area contributed by atoms with Gasteiger partial charge in [-0.2, -0.15) is 0 Å². The van der Waals surface area contributed by atoms with Crippen LogP contribution in [0.15, 0.2) is 11.6 Å². The van der Waals surface area contributed by atoms with E-state index in [0.717, 1.165) is 44.1 Å². The summed E-state index contributed by atoms with van der Waals surface area (Å²) < 4.78 is 0. The molecule has 0 aromatic heterocycles. The minimum atomic E-state index is -1.16. The zero-order chi connectivity index (χ0) is 25.1. The van der Waals surface area contributed by atoms with Crippen LogP contribution in [-0.4, -0.2) is 61.3 Å². The van der Waals surface area contributed by atoms with Gasteiger partial charge in [-0.1, -0.05) is 27.2 Å². The van der Waals surface area contributed by atoms with Crippen LogP contribution in [0.1, 0.15) is 91.9 Å². The van der Waals surface area contributed by atoms with Gasteiger partial charge in [-0.05, 0) is 99.5 Å². The number of hydrogen-bond acceptors (Lipinski definition) is 6. The quantitative estimate of drug-likeness (QED) is 0.400. The minimum absolute atomic E-state index is 0.00970. The van der Waals surface area contributed by atoms with Gasteiger partial charge >= 0.3 is 0 Å². The second kappa shape index (κ2) is 8.95. The summed E-state index contributed by atoms with van der Waals surface area (Å²) in [5, 5.41) is 54.2. The largest absolute Gasteiger partial charge is 0.396 e. The molecule has 0 heterocycles. The zero-order valence-electron chi connectivity index (χ0n) is 21.5. The summed E-state index contributed by atoms with van der Waals surface area (Å²) >= 11 is 0. The molecule has 0 radical (unpaired) electrons. The van der Waals surface area contributed by atoms with E-state index >= 15 is 0 Å². The van der Waals surface area contributed by atoms with Gasteiger partial charge < -0.3 is 25.5 Å². The molecule has 34 heavy (non-hydrogen) atoms. The average Bonchev–Trinajstić information content (AvgIpc) is 2.75. The summed E-state index contributed by atoms with van der Waals surface area (Å²) in [7, 11) is 0. The number of carbonyl (C=O) groups excluding carboxylic acids is 1. The second-order valence-electron chi connectivity index (χ2n) is 13.0. The van der Waals surface area contributed by atoms with Crippen LogP contribution in [0.4, 0.5) is 0 Å². The molecule has 5 N–H and O–H groups in total. The SMILES string of the molecule is CC(CO)CCC[C@@](C)(O)[C@H]1CCC[C@@]2(O)C3=CC(=O)C4C[C@@H](O)[C@@H](O)C[C@]4(C)C3CC[C@]12C.